The molecule has 1 aliphatic heterocycles. The predicted octanol–water partition coefficient (Wildman–Crippen LogP) is 0.559. The van der Waals surface area contributed by atoms with Gasteiger partial charge in [-0.05, 0) is 0 Å². The van der Waals surface area contributed by atoms with E-state index < -0.39 is 0 Å². The quantitative estimate of drug-likeness (QED) is 0.525. The lowest BCUT2D eigenvalue weighted by Gasteiger charge is -2.02. The lowest BCUT2D eigenvalue weighted by Crippen LogP contribution is -2.17. The van der Waals surface area contributed by atoms with Gasteiger partial charge in [-0.15, -0.1) is 11.6 Å². The Morgan fingerprint density at radius 2 is 2.75 bits per heavy atom. The van der Waals surface area contributed by atoms with Gasteiger partial charge in [0.05, 0.1) is 12.5 Å². The second-order valence-corrected chi connectivity index (χ2v) is 2.15. The molecule has 1 aliphatic rings. The summed E-state index contributed by atoms with van der Waals surface area (Å²) in [6.07, 6.45) is 2.01. The Morgan fingerprint density at radius 1 is 2.00 bits per heavy atom. The number of allylic oxidation sites excluding steroid dienone is 1. The largest absolute Gasteiger partial charge is 0.369 e. The van der Waals surface area contributed by atoms with Gasteiger partial charge in [0.15, 0.2) is 0 Å². The molecule has 0 atom stereocenters. The summed E-state index contributed by atoms with van der Waals surface area (Å²) in [5.41, 5.74) is 1.11. The predicted molar refractivity (Wildman–Crippen MR) is 34.6 cm³/mol. The van der Waals surface area contributed by atoms with E-state index in [4.69, 9.17) is 11.6 Å². The lowest BCUT2D eigenvalue weighted by molar-refractivity contribution is 0.473. The molecule has 1 N–H and O–H groups in total. The van der Waals surface area contributed by atoms with Crippen LogP contribution in [-0.4, -0.2) is 24.5 Å². The molecule has 8 heavy (non-hydrogen) atoms. The molecule has 1 rings (SSSR count). The van der Waals surface area contributed by atoms with Crippen LogP contribution in [0.4, 0.5) is 0 Å². The zero-order chi connectivity index (χ0) is 5.98. The second-order valence-electron chi connectivity index (χ2n) is 1.88. The van der Waals surface area contributed by atoms with Crippen molar-refractivity contribution in [3.8, 4) is 0 Å². The van der Waals surface area contributed by atoms with Crippen LogP contribution in [0.1, 0.15) is 0 Å². The van der Waals surface area contributed by atoms with Crippen molar-refractivity contribution in [2.45, 2.75) is 0 Å². The molecule has 46 valence electrons. The smallest absolute Gasteiger partial charge is 0.0867 e. The Bertz CT molecular complexity index is 111. The summed E-state index contributed by atoms with van der Waals surface area (Å²) in [5.74, 6) is 0.588. The maximum Gasteiger partial charge on any atom is 0.0867 e. The number of nitrogens with one attached hydrogen (secondary N) is 1. The molecule has 0 aromatic carbocycles. The molecule has 0 unspecified atom stereocenters. The van der Waals surface area contributed by atoms with Crippen LogP contribution in [0, 0.1) is 0 Å². The van der Waals surface area contributed by atoms with Gasteiger partial charge in [-0.25, -0.2) is 0 Å². The van der Waals surface area contributed by atoms with Crippen LogP contribution in [0.2, 0.25) is 0 Å². The summed E-state index contributed by atoms with van der Waals surface area (Å²) in [6, 6.07) is 0. The van der Waals surface area contributed by atoms with Gasteiger partial charge in [0, 0.05) is 18.9 Å². The molecule has 0 amide bonds. The molecule has 1 heterocycles. The minimum absolute atomic E-state index is 0.588. The second kappa shape index (κ2) is 2.27. The first-order chi connectivity index (χ1) is 3.83. The molecule has 0 spiro atoms. The summed E-state index contributed by atoms with van der Waals surface area (Å²) in [4.78, 5) is 2.05. The minimum Gasteiger partial charge on any atom is -0.369 e. The highest BCUT2D eigenvalue weighted by Crippen LogP contribution is 2.01. The van der Waals surface area contributed by atoms with Crippen LogP contribution in [0.25, 0.3) is 0 Å². The van der Waals surface area contributed by atoms with Gasteiger partial charge in [-0.2, -0.15) is 0 Å². The molecule has 3 heteroatoms. The minimum atomic E-state index is 0.588. The van der Waals surface area contributed by atoms with Crippen LogP contribution in [-0.2, 0) is 0 Å². The summed E-state index contributed by atoms with van der Waals surface area (Å²) < 4.78 is 0. The van der Waals surface area contributed by atoms with Gasteiger partial charge in [-0.3, -0.25) is 0 Å². The van der Waals surface area contributed by atoms with Crippen molar-refractivity contribution < 1.29 is 0 Å². The van der Waals surface area contributed by atoms with E-state index in [0.29, 0.717) is 5.88 Å². The first-order valence-corrected chi connectivity index (χ1v) is 3.07. The molecule has 0 aromatic rings. The maximum absolute atomic E-state index is 5.52. The summed E-state index contributed by atoms with van der Waals surface area (Å²) >= 11 is 5.52. The monoisotopic (exact) mass is 132 g/mol. The van der Waals surface area contributed by atoms with Gasteiger partial charge in [0.2, 0.25) is 0 Å². The highest BCUT2D eigenvalue weighted by molar-refractivity contribution is 6.19. The van der Waals surface area contributed by atoms with Crippen LogP contribution in [0.5, 0.6) is 0 Å². The first-order valence-electron chi connectivity index (χ1n) is 2.53. The Hall–Kier alpha value is -0.370. The fourth-order valence-corrected chi connectivity index (χ4v) is 0.829. The highest BCUT2D eigenvalue weighted by atomic mass is 35.5. The van der Waals surface area contributed by atoms with Crippen LogP contribution in [0.15, 0.2) is 11.9 Å². The van der Waals surface area contributed by atoms with Gasteiger partial charge < -0.3 is 10.2 Å². The van der Waals surface area contributed by atoms with Crippen molar-refractivity contribution in [1.82, 2.24) is 10.2 Å². The van der Waals surface area contributed by atoms with Crippen LogP contribution in [0.3, 0.4) is 0 Å². The number of rotatable bonds is 1. The Labute approximate surface area is 54.1 Å². The molecular formula is C5H9ClN2. The van der Waals surface area contributed by atoms with Gasteiger partial charge in [0.25, 0.3) is 0 Å². The topological polar surface area (TPSA) is 15.3 Å². The standard InChI is InChI=1S/C5H9ClN2/c1-8-3-5(2-6)7-4-8/h3,7H,2,4H2,1H3. The third-order valence-corrected chi connectivity index (χ3v) is 1.36. The molecule has 0 fully saturated rings. The Balaban J connectivity index is 2.44. The van der Waals surface area contributed by atoms with Crippen LogP contribution < -0.4 is 5.32 Å². The van der Waals surface area contributed by atoms with E-state index in [-0.39, 0.29) is 0 Å². The molecule has 0 radical (unpaired) electrons. The van der Waals surface area contributed by atoms with Gasteiger partial charge in [0.1, 0.15) is 0 Å². The van der Waals surface area contributed by atoms with Crippen molar-refractivity contribution in [3.63, 3.8) is 0 Å². The summed E-state index contributed by atoms with van der Waals surface area (Å²) in [6.45, 7) is 0.891. The van der Waals surface area contributed by atoms with Crippen LogP contribution >= 0.6 is 11.6 Å². The summed E-state index contributed by atoms with van der Waals surface area (Å²) in [5, 5.41) is 3.11. The van der Waals surface area contributed by atoms with Crippen molar-refractivity contribution in [2.75, 3.05) is 19.6 Å². The van der Waals surface area contributed by atoms with E-state index in [2.05, 4.69) is 10.2 Å². The van der Waals surface area contributed by atoms with Crippen molar-refractivity contribution in [1.29, 1.82) is 0 Å². The third kappa shape index (κ3) is 1.07. The highest BCUT2D eigenvalue weighted by Gasteiger charge is 2.03. The van der Waals surface area contributed by atoms with E-state index in [1.807, 2.05) is 13.2 Å². The van der Waals surface area contributed by atoms with E-state index in [0.717, 1.165) is 12.4 Å². The Morgan fingerprint density at radius 3 is 3.00 bits per heavy atom. The maximum atomic E-state index is 5.52. The van der Waals surface area contributed by atoms with Crippen molar-refractivity contribution >= 4 is 11.6 Å². The number of hydrogen-bond donors (Lipinski definition) is 1. The molecule has 0 saturated carbocycles. The van der Waals surface area contributed by atoms with Gasteiger partial charge >= 0.3 is 0 Å². The molecule has 0 bridgehead atoms. The van der Waals surface area contributed by atoms with E-state index in [1.54, 1.807) is 0 Å². The van der Waals surface area contributed by atoms with E-state index in [9.17, 15) is 0 Å². The van der Waals surface area contributed by atoms with Crippen molar-refractivity contribution in [3.05, 3.63) is 11.9 Å². The zero-order valence-electron chi connectivity index (χ0n) is 4.82. The van der Waals surface area contributed by atoms with Crippen molar-refractivity contribution in [2.24, 2.45) is 0 Å². The Kier molecular flexibility index (Phi) is 1.63. The van der Waals surface area contributed by atoms with E-state index in [1.165, 1.54) is 0 Å². The SMILES string of the molecule is CN1C=C(CCl)NC1. The lowest BCUT2D eigenvalue weighted by atomic mass is 10.6. The van der Waals surface area contributed by atoms with Gasteiger partial charge in [-0.1, -0.05) is 0 Å². The number of hydrogen-bond acceptors (Lipinski definition) is 2. The number of nitrogens with zero attached hydrogens (tertiary/aromatic N) is 1. The normalized spacial score (nSPS) is 18.2. The molecule has 0 saturated heterocycles. The molecular weight excluding hydrogens is 124 g/mol. The average molecular weight is 133 g/mol. The first kappa shape index (κ1) is 5.76. The summed E-state index contributed by atoms with van der Waals surface area (Å²) in [7, 11) is 2.01. The van der Waals surface area contributed by atoms with E-state index >= 15 is 0 Å². The number of halogens is 1. The molecule has 2 nitrogen and oxygen atoms in total. The number of alkyl halides is 1. The average Bonchev–Trinajstić information content (AvgIpc) is 2.14. The fraction of sp³-hybridized carbons (Fsp3) is 0.600. The third-order valence-electron chi connectivity index (χ3n) is 1.08. The molecule has 0 aliphatic carbocycles. The fourth-order valence-electron chi connectivity index (χ4n) is 0.665. The zero-order valence-corrected chi connectivity index (χ0v) is 5.57. The molecule has 0 aromatic heterocycles.